The first-order valence-corrected chi connectivity index (χ1v) is 9.61. The fourth-order valence-corrected chi connectivity index (χ4v) is 6.18. The molecule has 1 aromatic rings. The van der Waals surface area contributed by atoms with E-state index < -0.39 is 5.60 Å². The summed E-state index contributed by atoms with van der Waals surface area (Å²) in [5.74, 6) is 1.18. The first kappa shape index (κ1) is 16.8. The Morgan fingerprint density at radius 2 is 2.00 bits per heavy atom. The van der Waals surface area contributed by atoms with Gasteiger partial charge in [0, 0.05) is 25.2 Å². The highest BCUT2D eigenvalue weighted by molar-refractivity contribution is 5.91. The summed E-state index contributed by atoms with van der Waals surface area (Å²) in [6.45, 7) is 2.68. The van der Waals surface area contributed by atoms with Crippen molar-refractivity contribution in [3.63, 3.8) is 0 Å². The molecule has 4 fully saturated rings. The molecule has 4 aliphatic carbocycles. The SMILES string of the molecule is CCCn1cc(NC(=O)CC23CC4CC(CC(O)(C4)C2)C3)ccc1=O. The van der Waals surface area contributed by atoms with Gasteiger partial charge in [-0.3, -0.25) is 9.59 Å². The zero-order valence-corrected chi connectivity index (χ0v) is 15.0. The molecule has 0 aliphatic heterocycles. The second-order valence-electron chi connectivity index (χ2n) is 8.86. The van der Waals surface area contributed by atoms with E-state index in [1.807, 2.05) is 6.92 Å². The summed E-state index contributed by atoms with van der Waals surface area (Å²) in [5.41, 5.74) is 0.0871. The van der Waals surface area contributed by atoms with Crippen LogP contribution >= 0.6 is 0 Å². The van der Waals surface area contributed by atoms with Crippen molar-refractivity contribution < 1.29 is 9.90 Å². The molecule has 2 atom stereocenters. The van der Waals surface area contributed by atoms with Gasteiger partial charge in [-0.2, -0.15) is 0 Å². The molecule has 1 heterocycles. The maximum absolute atomic E-state index is 12.7. The lowest BCUT2D eigenvalue weighted by atomic mass is 9.47. The molecule has 5 rings (SSSR count). The quantitative estimate of drug-likeness (QED) is 0.863. The number of carbonyl (C=O) groups is 1. The van der Waals surface area contributed by atoms with E-state index in [1.165, 1.54) is 12.5 Å². The van der Waals surface area contributed by atoms with Crippen molar-refractivity contribution in [2.45, 2.75) is 70.4 Å². The van der Waals surface area contributed by atoms with Crippen LogP contribution in [0.25, 0.3) is 0 Å². The summed E-state index contributed by atoms with van der Waals surface area (Å²) in [6.07, 6.45) is 9.10. The highest BCUT2D eigenvalue weighted by Gasteiger charge is 2.57. The molecule has 4 bridgehead atoms. The number of pyridine rings is 1. The zero-order chi connectivity index (χ0) is 17.7. The monoisotopic (exact) mass is 344 g/mol. The van der Waals surface area contributed by atoms with E-state index in [9.17, 15) is 14.7 Å². The van der Waals surface area contributed by atoms with E-state index in [1.54, 1.807) is 16.8 Å². The maximum atomic E-state index is 12.7. The predicted octanol–water partition coefficient (Wildman–Crippen LogP) is 2.92. The summed E-state index contributed by atoms with van der Waals surface area (Å²) >= 11 is 0. The van der Waals surface area contributed by atoms with Crippen LogP contribution in [0.3, 0.4) is 0 Å². The van der Waals surface area contributed by atoms with Crippen molar-refractivity contribution in [2.75, 3.05) is 5.32 Å². The molecule has 0 spiro atoms. The Labute approximate surface area is 148 Å². The van der Waals surface area contributed by atoms with E-state index >= 15 is 0 Å². The third-order valence-electron chi connectivity index (χ3n) is 6.42. The number of nitrogens with one attached hydrogen (secondary N) is 1. The lowest BCUT2D eigenvalue weighted by molar-refractivity contribution is -0.167. The molecular formula is C20H28N2O3. The zero-order valence-electron chi connectivity index (χ0n) is 15.0. The molecule has 4 saturated carbocycles. The molecule has 0 aromatic carbocycles. The highest BCUT2D eigenvalue weighted by atomic mass is 16.3. The Morgan fingerprint density at radius 3 is 2.64 bits per heavy atom. The number of carbonyl (C=O) groups excluding carboxylic acids is 1. The van der Waals surface area contributed by atoms with Crippen LogP contribution < -0.4 is 10.9 Å². The fourth-order valence-electron chi connectivity index (χ4n) is 6.18. The van der Waals surface area contributed by atoms with Crippen molar-refractivity contribution in [1.82, 2.24) is 4.57 Å². The molecule has 1 amide bonds. The van der Waals surface area contributed by atoms with Crippen LogP contribution in [0.4, 0.5) is 5.69 Å². The van der Waals surface area contributed by atoms with Crippen molar-refractivity contribution in [3.8, 4) is 0 Å². The Kier molecular flexibility index (Phi) is 4.02. The Bertz CT molecular complexity index is 725. The van der Waals surface area contributed by atoms with Gasteiger partial charge >= 0.3 is 0 Å². The molecule has 0 saturated heterocycles. The second-order valence-corrected chi connectivity index (χ2v) is 8.86. The molecule has 4 aliphatic rings. The van der Waals surface area contributed by atoms with Gasteiger partial charge in [-0.05, 0) is 68.3 Å². The topological polar surface area (TPSA) is 71.3 Å². The van der Waals surface area contributed by atoms with E-state index in [0.717, 1.165) is 38.5 Å². The number of hydrogen-bond acceptors (Lipinski definition) is 3. The molecular weight excluding hydrogens is 316 g/mol. The van der Waals surface area contributed by atoms with Crippen molar-refractivity contribution >= 4 is 11.6 Å². The molecule has 2 N–H and O–H groups in total. The van der Waals surface area contributed by atoms with E-state index in [-0.39, 0.29) is 16.9 Å². The van der Waals surface area contributed by atoms with E-state index in [2.05, 4.69) is 5.32 Å². The molecule has 5 heteroatoms. The van der Waals surface area contributed by atoms with Crippen LogP contribution in [0, 0.1) is 17.3 Å². The van der Waals surface area contributed by atoms with Gasteiger partial charge in [0.15, 0.2) is 0 Å². The van der Waals surface area contributed by atoms with E-state index in [4.69, 9.17) is 0 Å². The highest BCUT2D eigenvalue weighted by Crippen LogP contribution is 2.62. The van der Waals surface area contributed by atoms with Crippen LogP contribution in [-0.4, -0.2) is 21.2 Å². The summed E-state index contributed by atoms with van der Waals surface area (Å²) in [7, 11) is 0. The number of nitrogens with zero attached hydrogens (tertiary/aromatic N) is 1. The van der Waals surface area contributed by atoms with Crippen LogP contribution in [0.1, 0.15) is 58.3 Å². The fraction of sp³-hybridized carbons (Fsp3) is 0.700. The van der Waals surface area contributed by atoms with Gasteiger partial charge in [0.25, 0.3) is 5.56 Å². The third kappa shape index (κ3) is 3.26. The minimum absolute atomic E-state index is 0.00671. The van der Waals surface area contributed by atoms with Crippen molar-refractivity contribution in [3.05, 3.63) is 28.7 Å². The van der Waals surface area contributed by atoms with Gasteiger partial charge in [0.2, 0.25) is 5.91 Å². The third-order valence-corrected chi connectivity index (χ3v) is 6.42. The number of aromatic nitrogens is 1. The summed E-state index contributed by atoms with van der Waals surface area (Å²) in [6, 6.07) is 3.19. The Balaban J connectivity index is 1.46. The minimum Gasteiger partial charge on any atom is -0.390 e. The smallest absolute Gasteiger partial charge is 0.250 e. The van der Waals surface area contributed by atoms with Gasteiger partial charge in [-0.1, -0.05) is 6.92 Å². The number of amides is 1. The van der Waals surface area contributed by atoms with Gasteiger partial charge in [-0.15, -0.1) is 0 Å². The van der Waals surface area contributed by atoms with Gasteiger partial charge < -0.3 is 15.0 Å². The van der Waals surface area contributed by atoms with E-state index in [0.29, 0.717) is 30.5 Å². The average Bonchev–Trinajstić information content (AvgIpc) is 2.47. The first-order chi connectivity index (χ1) is 11.9. The molecule has 1 aromatic heterocycles. The normalized spacial score (nSPS) is 35.8. The lowest BCUT2D eigenvalue weighted by Gasteiger charge is -2.60. The minimum atomic E-state index is -0.529. The molecule has 136 valence electrons. The largest absolute Gasteiger partial charge is 0.390 e. The standard InChI is InChI=1S/C20H28N2O3/c1-2-5-22-12-16(3-4-18(22)24)21-17(23)11-19-7-14-6-15(8-19)10-20(25,9-14)13-19/h3-4,12,14-15,25H,2,5-11,13H2,1H3,(H,21,23). The lowest BCUT2D eigenvalue weighted by Crippen LogP contribution is -2.56. The van der Waals surface area contributed by atoms with Crippen LogP contribution in [0.15, 0.2) is 23.1 Å². The van der Waals surface area contributed by atoms with Crippen molar-refractivity contribution in [1.29, 1.82) is 0 Å². The van der Waals surface area contributed by atoms with Gasteiger partial charge in [0.05, 0.1) is 11.3 Å². The number of anilines is 1. The van der Waals surface area contributed by atoms with Crippen LogP contribution in [0.2, 0.25) is 0 Å². The van der Waals surface area contributed by atoms with Crippen molar-refractivity contribution in [2.24, 2.45) is 17.3 Å². The molecule has 25 heavy (non-hydrogen) atoms. The Hall–Kier alpha value is -1.62. The number of aliphatic hydroxyl groups is 1. The summed E-state index contributed by atoms with van der Waals surface area (Å²) < 4.78 is 1.64. The number of aryl methyl sites for hydroxylation is 1. The molecule has 2 unspecified atom stereocenters. The first-order valence-electron chi connectivity index (χ1n) is 9.61. The molecule has 5 nitrogen and oxygen atoms in total. The summed E-state index contributed by atoms with van der Waals surface area (Å²) in [4.78, 5) is 24.5. The van der Waals surface area contributed by atoms with Gasteiger partial charge in [0.1, 0.15) is 0 Å². The van der Waals surface area contributed by atoms with Gasteiger partial charge in [-0.25, -0.2) is 0 Å². The van der Waals surface area contributed by atoms with Crippen LogP contribution in [0.5, 0.6) is 0 Å². The number of rotatable bonds is 5. The Morgan fingerprint density at radius 1 is 1.28 bits per heavy atom. The predicted molar refractivity (Wildman–Crippen MR) is 96.3 cm³/mol. The average molecular weight is 344 g/mol. The number of hydrogen-bond donors (Lipinski definition) is 2. The summed E-state index contributed by atoms with van der Waals surface area (Å²) in [5, 5.41) is 13.8. The van der Waals surface area contributed by atoms with Crippen LogP contribution in [-0.2, 0) is 11.3 Å². The maximum Gasteiger partial charge on any atom is 0.250 e. The molecule has 0 radical (unpaired) electrons. The second kappa shape index (κ2) is 5.97.